The van der Waals surface area contributed by atoms with E-state index in [4.69, 9.17) is 22.2 Å². The lowest BCUT2D eigenvalue weighted by molar-refractivity contribution is -0.137. The first-order valence-corrected chi connectivity index (χ1v) is 9.98. The number of esters is 1. The van der Waals surface area contributed by atoms with Gasteiger partial charge in [0.05, 0.1) is 17.2 Å². The van der Waals surface area contributed by atoms with Gasteiger partial charge in [0, 0.05) is 0 Å². The Morgan fingerprint density at radius 2 is 1.83 bits per heavy atom. The average molecular weight is 421 g/mol. The molecule has 7 heteroatoms. The molecule has 1 saturated heterocycles. The van der Waals surface area contributed by atoms with Crippen molar-refractivity contribution < 1.29 is 14.3 Å². The van der Waals surface area contributed by atoms with E-state index in [9.17, 15) is 9.59 Å². The van der Waals surface area contributed by atoms with Crippen molar-refractivity contribution in [2.75, 3.05) is 11.5 Å². The summed E-state index contributed by atoms with van der Waals surface area (Å²) in [6.45, 7) is 1.89. The minimum Gasteiger partial charge on any atom is -0.462 e. The Hall–Kier alpha value is -3.21. The molecule has 0 atom stereocenters. The maximum absolute atomic E-state index is 12.8. The van der Waals surface area contributed by atoms with Gasteiger partial charge in [0.15, 0.2) is 4.32 Å². The molecule has 1 fully saturated rings. The first-order chi connectivity index (χ1) is 14.0. The van der Waals surface area contributed by atoms with E-state index < -0.39 is 5.97 Å². The zero-order chi connectivity index (χ0) is 20.8. The van der Waals surface area contributed by atoms with Crippen LogP contribution in [0.1, 0.15) is 18.1 Å². The summed E-state index contributed by atoms with van der Waals surface area (Å²) in [5.41, 5.74) is 2.17. The Balaban J connectivity index is 1.80. The van der Waals surface area contributed by atoms with Crippen molar-refractivity contribution in [2.45, 2.75) is 6.92 Å². The largest absolute Gasteiger partial charge is 0.462 e. The van der Waals surface area contributed by atoms with Crippen LogP contribution >= 0.6 is 24.0 Å². The summed E-state index contributed by atoms with van der Waals surface area (Å²) >= 11 is 6.62. The van der Waals surface area contributed by atoms with Crippen molar-refractivity contribution in [3.05, 3.63) is 76.2 Å². The zero-order valence-electron chi connectivity index (χ0n) is 15.5. The summed E-state index contributed by atoms with van der Waals surface area (Å²) in [5, 5.41) is 9.12. The molecule has 0 N–H and O–H groups in total. The second-order valence-electron chi connectivity index (χ2n) is 5.91. The van der Waals surface area contributed by atoms with Gasteiger partial charge in [-0.15, -0.1) is 0 Å². The van der Waals surface area contributed by atoms with E-state index in [0.29, 0.717) is 14.8 Å². The van der Waals surface area contributed by atoms with Crippen molar-refractivity contribution in [1.82, 2.24) is 0 Å². The van der Waals surface area contributed by atoms with Crippen LogP contribution in [0.3, 0.4) is 0 Å². The molecule has 1 aliphatic heterocycles. The van der Waals surface area contributed by atoms with Gasteiger partial charge in [-0.1, -0.05) is 66.4 Å². The minimum absolute atomic E-state index is 0.0664. The van der Waals surface area contributed by atoms with Crippen molar-refractivity contribution >= 4 is 58.0 Å². The maximum atomic E-state index is 12.8. The number of thioether (sulfide) groups is 1. The summed E-state index contributed by atoms with van der Waals surface area (Å²) in [6, 6.07) is 18.3. The van der Waals surface area contributed by atoms with Crippen molar-refractivity contribution in [1.29, 1.82) is 5.26 Å². The molecular weight excluding hydrogens is 404 g/mol. The van der Waals surface area contributed by atoms with Crippen LogP contribution in [0.4, 0.5) is 5.69 Å². The van der Waals surface area contributed by atoms with E-state index in [1.54, 1.807) is 37.3 Å². The average Bonchev–Trinajstić information content (AvgIpc) is 3.01. The van der Waals surface area contributed by atoms with Crippen LogP contribution < -0.4 is 4.90 Å². The fraction of sp³-hybridized carbons (Fsp3) is 0.0909. The second-order valence-corrected chi connectivity index (χ2v) is 7.59. The van der Waals surface area contributed by atoms with E-state index in [-0.39, 0.29) is 18.1 Å². The highest BCUT2D eigenvalue weighted by molar-refractivity contribution is 8.27. The van der Waals surface area contributed by atoms with Crippen molar-refractivity contribution in [3.8, 4) is 6.07 Å². The van der Waals surface area contributed by atoms with Crippen molar-refractivity contribution in [3.63, 3.8) is 0 Å². The standard InChI is InChI=1S/C22H16N2O3S2/c1-2-27-21(26)17(14-23)12-15-8-10-16(11-9-15)13-19-20(25)24(22(28)29-19)18-6-4-3-5-7-18/h3-13H,2H2,1H3/b17-12+,19-13-. The Morgan fingerprint density at radius 1 is 1.17 bits per heavy atom. The number of carbonyl (C=O) groups excluding carboxylic acids is 2. The number of nitrogens with zero attached hydrogens (tertiary/aromatic N) is 2. The lowest BCUT2D eigenvalue weighted by Gasteiger charge is -2.13. The van der Waals surface area contributed by atoms with E-state index in [2.05, 4.69) is 0 Å². The summed E-state index contributed by atoms with van der Waals surface area (Å²) in [6.07, 6.45) is 3.24. The fourth-order valence-corrected chi connectivity index (χ4v) is 3.92. The van der Waals surface area contributed by atoms with Crippen LogP contribution in [0, 0.1) is 11.3 Å². The Morgan fingerprint density at radius 3 is 2.45 bits per heavy atom. The topological polar surface area (TPSA) is 70.4 Å². The van der Waals surface area contributed by atoms with Gasteiger partial charge in [0.25, 0.3) is 5.91 Å². The summed E-state index contributed by atoms with van der Waals surface area (Å²) in [4.78, 5) is 26.5. The number of nitriles is 1. The number of benzene rings is 2. The summed E-state index contributed by atoms with van der Waals surface area (Å²) in [7, 11) is 0. The summed E-state index contributed by atoms with van der Waals surface area (Å²) < 4.78 is 5.34. The second kappa shape index (κ2) is 9.32. The molecule has 5 nitrogen and oxygen atoms in total. The lowest BCUT2D eigenvalue weighted by Crippen LogP contribution is -2.27. The molecule has 2 aromatic carbocycles. The number of carbonyl (C=O) groups is 2. The monoisotopic (exact) mass is 420 g/mol. The molecule has 2 aromatic rings. The molecule has 0 bridgehead atoms. The van der Waals surface area contributed by atoms with Crippen LogP contribution in [-0.4, -0.2) is 22.8 Å². The third-order valence-electron chi connectivity index (χ3n) is 3.97. The number of amides is 1. The highest BCUT2D eigenvalue weighted by Crippen LogP contribution is 2.35. The fourth-order valence-electron chi connectivity index (χ4n) is 2.62. The Kier molecular flexibility index (Phi) is 6.60. The van der Waals surface area contributed by atoms with Crippen LogP contribution in [0.25, 0.3) is 12.2 Å². The molecule has 0 aliphatic carbocycles. The number of hydrogen-bond donors (Lipinski definition) is 0. The molecule has 144 valence electrons. The Bertz CT molecular complexity index is 1050. The Labute approximate surface area is 178 Å². The van der Waals surface area contributed by atoms with Gasteiger partial charge < -0.3 is 4.74 Å². The molecule has 29 heavy (non-hydrogen) atoms. The van der Waals surface area contributed by atoms with Crippen LogP contribution in [0.15, 0.2) is 65.1 Å². The number of para-hydroxylation sites is 1. The molecule has 0 radical (unpaired) electrons. The van der Waals surface area contributed by atoms with E-state index in [0.717, 1.165) is 11.3 Å². The van der Waals surface area contributed by atoms with Gasteiger partial charge in [-0.2, -0.15) is 5.26 Å². The molecule has 1 aliphatic rings. The van der Waals surface area contributed by atoms with Gasteiger partial charge in [0.1, 0.15) is 11.6 Å². The number of hydrogen-bond acceptors (Lipinski definition) is 6. The van der Waals surface area contributed by atoms with Crippen LogP contribution in [-0.2, 0) is 14.3 Å². The SMILES string of the molecule is CCOC(=O)/C(C#N)=C/c1ccc(/C=C2\SC(=S)N(c3ccccc3)C2=O)cc1. The quantitative estimate of drug-likeness (QED) is 0.306. The minimum atomic E-state index is -0.649. The molecule has 0 spiro atoms. The van der Waals surface area contributed by atoms with Crippen LogP contribution in [0.2, 0.25) is 0 Å². The maximum Gasteiger partial charge on any atom is 0.348 e. The van der Waals surface area contributed by atoms with E-state index in [1.165, 1.54) is 22.7 Å². The van der Waals surface area contributed by atoms with Gasteiger partial charge in [-0.3, -0.25) is 9.69 Å². The van der Waals surface area contributed by atoms with E-state index >= 15 is 0 Å². The molecule has 0 saturated carbocycles. The molecular formula is C22H16N2O3S2. The lowest BCUT2D eigenvalue weighted by atomic mass is 10.1. The van der Waals surface area contributed by atoms with Crippen molar-refractivity contribution in [2.24, 2.45) is 0 Å². The normalized spacial score (nSPS) is 15.5. The zero-order valence-corrected chi connectivity index (χ0v) is 17.1. The summed E-state index contributed by atoms with van der Waals surface area (Å²) in [5.74, 6) is -0.812. The highest BCUT2D eigenvalue weighted by Gasteiger charge is 2.33. The number of anilines is 1. The van der Waals surface area contributed by atoms with Gasteiger partial charge >= 0.3 is 5.97 Å². The first kappa shape index (κ1) is 20.5. The predicted octanol–water partition coefficient (Wildman–Crippen LogP) is 4.56. The molecule has 0 unspecified atom stereocenters. The number of rotatable bonds is 5. The highest BCUT2D eigenvalue weighted by atomic mass is 32.2. The molecule has 3 rings (SSSR count). The molecule has 1 heterocycles. The molecule has 0 aromatic heterocycles. The number of thiocarbonyl (C=S) groups is 1. The third-order valence-corrected chi connectivity index (χ3v) is 5.27. The van der Waals surface area contributed by atoms with Gasteiger partial charge in [-0.05, 0) is 42.3 Å². The van der Waals surface area contributed by atoms with Gasteiger partial charge in [0.2, 0.25) is 0 Å². The van der Waals surface area contributed by atoms with Gasteiger partial charge in [-0.25, -0.2) is 4.79 Å². The van der Waals surface area contributed by atoms with Crippen LogP contribution in [0.5, 0.6) is 0 Å². The predicted molar refractivity (Wildman–Crippen MR) is 119 cm³/mol. The smallest absolute Gasteiger partial charge is 0.348 e. The van der Waals surface area contributed by atoms with E-state index in [1.807, 2.05) is 36.4 Å². The first-order valence-electron chi connectivity index (χ1n) is 8.75. The molecule has 1 amide bonds. The third kappa shape index (κ3) is 4.80. The number of ether oxygens (including phenoxy) is 1.